The number of halogens is 2. The minimum absolute atomic E-state index is 0.0795. The van der Waals surface area contributed by atoms with Gasteiger partial charge in [0.25, 0.3) is 10.0 Å². The summed E-state index contributed by atoms with van der Waals surface area (Å²) in [5.41, 5.74) is 1.25. The highest BCUT2D eigenvalue weighted by Crippen LogP contribution is 2.32. The second kappa shape index (κ2) is 8.57. The lowest BCUT2D eigenvalue weighted by atomic mass is 10.1. The van der Waals surface area contributed by atoms with E-state index < -0.39 is 21.8 Å². The van der Waals surface area contributed by atoms with Crippen molar-refractivity contribution < 1.29 is 22.0 Å². The Bertz CT molecular complexity index is 1270. The molecule has 3 aromatic rings. The predicted molar refractivity (Wildman–Crippen MR) is 114 cm³/mol. The summed E-state index contributed by atoms with van der Waals surface area (Å²) in [6.07, 6.45) is 2.67. The van der Waals surface area contributed by atoms with E-state index in [0.717, 1.165) is 4.09 Å². The molecule has 3 heterocycles. The van der Waals surface area contributed by atoms with E-state index in [1.54, 1.807) is 6.92 Å². The van der Waals surface area contributed by atoms with Crippen LogP contribution < -0.4 is 10.6 Å². The summed E-state index contributed by atoms with van der Waals surface area (Å²) in [6, 6.07) is 4.41. The first kappa shape index (κ1) is 23.2. The Kier molecular flexibility index (Phi) is 6.21. The molecule has 0 atom stereocenters. The fourth-order valence-electron chi connectivity index (χ4n) is 2.72. The van der Waals surface area contributed by atoms with Gasteiger partial charge < -0.3 is 10.6 Å². The number of alkyl halides is 2. The number of anilines is 3. The van der Waals surface area contributed by atoms with Crippen LogP contribution in [0, 0.1) is 6.92 Å². The molecule has 13 heteroatoms. The van der Waals surface area contributed by atoms with Gasteiger partial charge in [0.2, 0.25) is 11.7 Å². The average molecular weight is 465 g/mol. The first-order valence-corrected chi connectivity index (χ1v) is 11.1. The van der Waals surface area contributed by atoms with Gasteiger partial charge in [-0.2, -0.15) is 18.0 Å². The summed E-state index contributed by atoms with van der Waals surface area (Å²) in [5.74, 6) is -4.14. The SMILES string of the molecule is CCS(=O)(=O)n1ccc(-c2cnc(NC(C)=O)cc2Nc2cc(C)nc(C(C)(F)F)n2)n1. The van der Waals surface area contributed by atoms with Crippen LogP contribution in [0.3, 0.4) is 0 Å². The van der Waals surface area contributed by atoms with Crippen LogP contribution in [0.15, 0.2) is 30.6 Å². The van der Waals surface area contributed by atoms with Crippen LogP contribution in [0.2, 0.25) is 0 Å². The molecular formula is C19H21F2N7O3S. The second-order valence-corrected chi connectivity index (χ2v) is 9.12. The van der Waals surface area contributed by atoms with Gasteiger partial charge in [-0.15, -0.1) is 0 Å². The van der Waals surface area contributed by atoms with Crippen LogP contribution in [0.1, 0.15) is 32.3 Å². The van der Waals surface area contributed by atoms with Crippen molar-refractivity contribution in [1.82, 2.24) is 24.1 Å². The molecule has 10 nitrogen and oxygen atoms in total. The normalized spacial score (nSPS) is 11.9. The maximum absolute atomic E-state index is 13.8. The number of pyridine rings is 1. The van der Waals surface area contributed by atoms with E-state index >= 15 is 0 Å². The van der Waals surface area contributed by atoms with Gasteiger partial charge in [-0.25, -0.2) is 23.4 Å². The topological polar surface area (TPSA) is 132 Å². The number of rotatable bonds is 7. The Morgan fingerprint density at radius 1 is 1.22 bits per heavy atom. The van der Waals surface area contributed by atoms with Crippen LogP contribution in [-0.2, 0) is 20.7 Å². The van der Waals surface area contributed by atoms with Gasteiger partial charge in [0, 0.05) is 49.6 Å². The maximum Gasteiger partial charge on any atom is 0.303 e. The minimum atomic E-state index is -3.60. The summed E-state index contributed by atoms with van der Waals surface area (Å²) in [7, 11) is -3.60. The fraction of sp³-hybridized carbons (Fsp3) is 0.316. The van der Waals surface area contributed by atoms with Crippen molar-refractivity contribution >= 4 is 33.3 Å². The van der Waals surface area contributed by atoms with Gasteiger partial charge in [0.15, 0.2) is 0 Å². The molecule has 0 unspecified atom stereocenters. The molecule has 0 bridgehead atoms. The number of nitrogens with one attached hydrogen (secondary N) is 2. The first-order chi connectivity index (χ1) is 14.9. The molecular weight excluding hydrogens is 444 g/mol. The zero-order valence-electron chi connectivity index (χ0n) is 17.7. The number of nitrogens with zero attached hydrogens (tertiary/aromatic N) is 5. The first-order valence-electron chi connectivity index (χ1n) is 9.47. The van der Waals surface area contributed by atoms with Crippen molar-refractivity contribution in [3.8, 4) is 11.3 Å². The number of amides is 1. The van der Waals surface area contributed by atoms with E-state index in [4.69, 9.17) is 0 Å². The molecule has 0 saturated carbocycles. The van der Waals surface area contributed by atoms with Crippen LogP contribution in [0.25, 0.3) is 11.3 Å². The summed E-state index contributed by atoms with van der Waals surface area (Å²) >= 11 is 0. The van der Waals surface area contributed by atoms with Crippen molar-refractivity contribution in [2.75, 3.05) is 16.4 Å². The highest BCUT2D eigenvalue weighted by atomic mass is 32.2. The summed E-state index contributed by atoms with van der Waals surface area (Å²) in [5, 5.41) is 9.56. The molecule has 0 radical (unpaired) electrons. The molecule has 0 fully saturated rings. The molecule has 32 heavy (non-hydrogen) atoms. The summed E-state index contributed by atoms with van der Waals surface area (Å²) in [6.45, 7) is 5.05. The van der Waals surface area contributed by atoms with E-state index in [1.807, 2.05) is 0 Å². The molecule has 0 aliphatic rings. The van der Waals surface area contributed by atoms with Gasteiger partial charge in [0.1, 0.15) is 11.6 Å². The third kappa shape index (κ3) is 5.22. The molecule has 0 aromatic carbocycles. The van der Waals surface area contributed by atoms with Gasteiger partial charge in [-0.05, 0) is 19.9 Å². The summed E-state index contributed by atoms with van der Waals surface area (Å²) in [4.78, 5) is 23.2. The van der Waals surface area contributed by atoms with E-state index in [9.17, 15) is 22.0 Å². The average Bonchev–Trinajstić information content (AvgIpc) is 3.17. The lowest BCUT2D eigenvalue weighted by molar-refractivity contribution is -0.114. The van der Waals surface area contributed by atoms with Crippen molar-refractivity contribution in [2.45, 2.75) is 33.6 Å². The predicted octanol–water partition coefficient (Wildman–Crippen LogP) is 3.06. The largest absolute Gasteiger partial charge is 0.339 e. The summed E-state index contributed by atoms with van der Waals surface area (Å²) < 4.78 is 52.6. The highest BCUT2D eigenvalue weighted by molar-refractivity contribution is 7.89. The van der Waals surface area contributed by atoms with Crippen molar-refractivity contribution in [3.63, 3.8) is 0 Å². The molecule has 0 saturated heterocycles. The molecule has 0 aliphatic carbocycles. The third-order valence-electron chi connectivity index (χ3n) is 4.21. The number of hydrogen-bond acceptors (Lipinski definition) is 8. The number of carbonyl (C=O) groups is 1. The number of aryl methyl sites for hydroxylation is 1. The minimum Gasteiger partial charge on any atom is -0.339 e. The van der Waals surface area contributed by atoms with Gasteiger partial charge in [-0.1, -0.05) is 0 Å². The van der Waals surface area contributed by atoms with Crippen molar-refractivity contribution in [3.05, 3.63) is 42.1 Å². The Morgan fingerprint density at radius 3 is 2.56 bits per heavy atom. The smallest absolute Gasteiger partial charge is 0.303 e. The monoisotopic (exact) mass is 465 g/mol. The molecule has 0 aliphatic heterocycles. The Labute approximate surface area is 183 Å². The van der Waals surface area contributed by atoms with E-state index in [0.29, 0.717) is 23.9 Å². The highest BCUT2D eigenvalue weighted by Gasteiger charge is 2.29. The van der Waals surface area contributed by atoms with Crippen LogP contribution in [-0.4, -0.2) is 44.2 Å². The second-order valence-electron chi connectivity index (χ2n) is 7.00. The molecule has 0 spiro atoms. The van der Waals surface area contributed by atoms with Crippen LogP contribution in [0.5, 0.6) is 0 Å². The van der Waals surface area contributed by atoms with Crippen LogP contribution >= 0.6 is 0 Å². The zero-order chi connectivity index (χ0) is 23.7. The van der Waals surface area contributed by atoms with Gasteiger partial charge in [-0.3, -0.25) is 4.79 Å². The third-order valence-corrected chi connectivity index (χ3v) is 5.71. The number of hydrogen-bond donors (Lipinski definition) is 2. The molecule has 2 N–H and O–H groups in total. The molecule has 1 amide bonds. The Morgan fingerprint density at radius 2 is 1.94 bits per heavy atom. The quantitative estimate of drug-likeness (QED) is 0.544. The van der Waals surface area contributed by atoms with Gasteiger partial charge >= 0.3 is 5.92 Å². The van der Waals surface area contributed by atoms with Crippen LogP contribution in [0.4, 0.5) is 26.1 Å². The molecule has 3 rings (SSSR count). The number of aromatic nitrogens is 5. The van der Waals surface area contributed by atoms with Crippen molar-refractivity contribution in [2.24, 2.45) is 0 Å². The van der Waals surface area contributed by atoms with E-state index in [1.165, 1.54) is 44.4 Å². The van der Waals surface area contributed by atoms with Crippen molar-refractivity contribution in [1.29, 1.82) is 0 Å². The standard InChI is InChI=1S/C19H21F2N7O3S/c1-5-32(30,31)28-7-6-14(27-28)13-10-22-16(24-12(3)29)9-15(13)25-17-8-11(2)23-18(26-17)19(4,20)21/h6-10H,5H2,1-4H3,(H2,22,23,24,25,26,29). The van der Waals surface area contributed by atoms with Gasteiger partial charge in [0.05, 0.1) is 17.1 Å². The lowest BCUT2D eigenvalue weighted by Crippen LogP contribution is -2.15. The number of carbonyl (C=O) groups excluding carboxylic acids is 1. The molecule has 170 valence electrons. The molecule has 3 aromatic heterocycles. The van der Waals surface area contributed by atoms with E-state index in [2.05, 4.69) is 30.7 Å². The maximum atomic E-state index is 13.8. The van der Waals surface area contributed by atoms with E-state index in [-0.39, 0.29) is 29.0 Å². The fourth-order valence-corrected chi connectivity index (χ4v) is 3.44. The zero-order valence-corrected chi connectivity index (χ0v) is 18.5. The Hall–Kier alpha value is -3.48. The lowest BCUT2D eigenvalue weighted by Gasteiger charge is -2.15. The Balaban J connectivity index is 2.10.